The lowest BCUT2D eigenvalue weighted by molar-refractivity contribution is -0.118. The molecule has 0 atom stereocenters. The number of nitrogens with one attached hydrogen (secondary N) is 1. The van der Waals surface area contributed by atoms with Crippen LogP contribution in [0.2, 0.25) is 0 Å². The molecule has 0 unspecified atom stereocenters. The van der Waals surface area contributed by atoms with E-state index in [9.17, 15) is 4.79 Å². The average molecular weight is 318 g/mol. The molecule has 0 aromatic rings. The standard InChI is InChI=1S/C4H10.C4H8.C4H6.C3H7NO.C3H8O.CH4/c3*1-3-4-2;1-3(5)4-2;1-3-4-2;/h3-4H2,1-2H3;3-4H,1-2H3;1-2H3;1-2H3,(H,4,5);3H2,1-2H3;1H4. The second kappa shape index (κ2) is 60.1. The summed E-state index contributed by atoms with van der Waals surface area (Å²) in [6, 6.07) is 0. The fraction of sp³-hybridized carbons (Fsp3) is 0.737. The Labute approximate surface area is 141 Å². The van der Waals surface area contributed by atoms with Gasteiger partial charge in [-0.2, -0.15) is 0 Å². The van der Waals surface area contributed by atoms with Gasteiger partial charge in [-0.1, -0.05) is 46.3 Å². The Kier molecular flexibility index (Phi) is 102. The van der Waals surface area contributed by atoms with Crippen LogP contribution < -0.4 is 5.32 Å². The van der Waals surface area contributed by atoms with Crippen molar-refractivity contribution >= 4 is 5.91 Å². The van der Waals surface area contributed by atoms with E-state index in [0.29, 0.717) is 0 Å². The van der Waals surface area contributed by atoms with Crippen molar-refractivity contribution in [3.05, 3.63) is 12.2 Å². The Balaban J connectivity index is -0.0000000361. The van der Waals surface area contributed by atoms with Gasteiger partial charge >= 0.3 is 0 Å². The largest absolute Gasteiger partial charge is 0.385 e. The summed E-state index contributed by atoms with van der Waals surface area (Å²) in [5.74, 6) is 5.37. The Hall–Kier alpha value is -1.27. The molecule has 1 amide bonds. The lowest BCUT2D eigenvalue weighted by Gasteiger charge is -1.80. The van der Waals surface area contributed by atoms with Crippen LogP contribution in [0, 0.1) is 11.8 Å². The molecule has 3 nitrogen and oxygen atoms in total. The van der Waals surface area contributed by atoms with Crippen LogP contribution in [0.15, 0.2) is 12.2 Å². The van der Waals surface area contributed by atoms with Crippen LogP contribution in [0.3, 0.4) is 0 Å². The van der Waals surface area contributed by atoms with Crippen molar-refractivity contribution in [3.8, 4) is 11.8 Å². The highest BCUT2D eigenvalue weighted by atomic mass is 16.5. The third kappa shape index (κ3) is 263. The van der Waals surface area contributed by atoms with Gasteiger partial charge < -0.3 is 10.1 Å². The predicted octanol–water partition coefficient (Wildman–Crippen LogP) is 5.46. The third-order valence-electron chi connectivity index (χ3n) is 1.72. The normalized spacial score (nSPS) is 6.64. The topological polar surface area (TPSA) is 38.3 Å². The van der Waals surface area contributed by atoms with Crippen LogP contribution in [-0.4, -0.2) is 26.7 Å². The van der Waals surface area contributed by atoms with E-state index >= 15 is 0 Å². The smallest absolute Gasteiger partial charge is 0.216 e. The molecule has 0 aliphatic heterocycles. The highest BCUT2D eigenvalue weighted by Gasteiger charge is 1.72. The molecule has 22 heavy (non-hydrogen) atoms. The number of hydrogen-bond acceptors (Lipinski definition) is 2. The van der Waals surface area contributed by atoms with E-state index in [1.807, 2.05) is 46.8 Å². The molecule has 0 rings (SSSR count). The molecular formula is C19H43NO2. The molecule has 0 aliphatic rings. The molecular weight excluding hydrogens is 274 g/mol. The zero-order chi connectivity index (χ0) is 17.9. The van der Waals surface area contributed by atoms with Gasteiger partial charge in [-0.05, 0) is 34.6 Å². The third-order valence-corrected chi connectivity index (χ3v) is 1.72. The minimum absolute atomic E-state index is 0. The van der Waals surface area contributed by atoms with Gasteiger partial charge in [0.25, 0.3) is 0 Å². The van der Waals surface area contributed by atoms with E-state index in [1.54, 1.807) is 14.2 Å². The van der Waals surface area contributed by atoms with Crippen molar-refractivity contribution in [1.82, 2.24) is 5.32 Å². The van der Waals surface area contributed by atoms with E-state index in [4.69, 9.17) is 0 Å². The molecule has 0 spiro atoms. The molecule has 0 fully saturated rings. The van der Waals surface area contributed by atoms with Gasteiger partial charge in [0.2, 0.25) is 5.91 Å². The molecule has 0 bridgehead atoms. The van der Waals surface area contributed by atoms with Crippen molar-refractivity contribution in [2.45, 2.75) is 75.7 Å². The van der Waals surface area contributed by atoms with Crippen LogP contribution in [0.5, 0.6) is 0 Å². The van der Waals surface area contributed by atoms with Crippen LogP contribution in [0.1, 0.15) is 75.7 Å². The summed E-state index contributed by atoms with van der Waals surface area (Å²) in [4.78, 5) is 9.70. The van der Waals surface area contributed by atoms with Gasteiger partial charge in [-0.15, -0.1) is 11.8 Å². The van der Waals surface area contributed by atoms with Crippen molar-refractivity contribution in [2.24, 2.45) is 0 Å². The Morgan fingerprint density at radius 2 is 1.27 bits per heavy atom. The second-order valence-electron chi connectivity index (χ2n) is 3.55. The zero-order valence-corrected chi connectivity index (χ0v) is 16.1. The van der Waals surface area contributed by atoms with Crippen molar-refractivity contribution in [3.63, 3.8) is 0 Å². The maximum atomic E-state index is 9.70. The summed E-state index contributed by atoms with van der Waals surface area (Å²) < 4.78 is 4.54. The highest BCUT2D eigenvalue weighted by molar-refractivity contribution is 5.72. The van der Waals surface area contributed by atoms with Gasteiger partial charge in [-0.3, -0.25) is 4.79 Å². The summed E-state index contributed by atoms with van der Waals surface area (Å²) >= 11 is 0. The Morgan fingerprint density at radius 3 is 1.27 bits per heavy atom. The SMILES string of the molecule is C.CC#CC.CC=CC.CCCC.CCOC.CNC(C)=O. The summed E-state index contributed by atoms with van der Waals surface area (Å²) in [6.07, 6.45) is 6.64. The number of carbonyl (C=O) groups is 1. The summed E-state index contributed by atoms with van der Waals surface area (Å²) in [5, 5.41) is 2.39. The van der Waals surface area contributed by atoms with Crippen LogP contribution in [-0.2, 0) is 9.53 Å². The van der Waals surface area contributed by atoms with E-state index in [0.717, 1.165) is 6.61 Å². The predicted molar refractivity (Wildman–Crippen MR) is 104 cm³/mol. The van der Waals surface area contributed by atoms with Crippen LogP contribution in [0.4, 0.5) is 0 Å². The van der Waals surface area contributed by atoms with Gasteiger partial charge in [0.15, 0.2) is 0 Å². The molecule has 0 aromatic heterocycles. The van der Waals surface area contributed by atoms with Gasteiger partial charge in [-0.25, -0.2) is 0 Å². The van der Waals surface area contributed by atoms with E-state index in [1.165, 1.54) is 19.8 Å². The zero-order valence-electron chi connectivity index (χ0n) is 16.1. The fourth-order valence-electron chi connectivity index (χ4n) is 0. The molecule has 0 aliphatic carbocycles. The minimum atomic E-state index is 0. The summed E-state index contributed by atoms with van der Waals surface area (Å²) in [7, 11) is 3.28. The van der Waals surface area contributed by atoms with Crippen molar-refractivity contribution in [2.75, 3.05) is 20.8 Å². The molecule has 1 N–H and O–H groups in total. The monoisotopic (exact) mass is 317 g/mol. The quantitative estimate of drug-likeness (QED) is 0.542. The van der Waals surface area contributed by atoms with E-state index < -0.39 is 0 Å². The van der Waals surface area contributed by atoms with Gasteiger partial charge in [0.1, 0.15) is 0 Å². The molecule has 0 saturated heterocycles. The first kappa shape index (κ1) is 37.2. The van der Waals surface area contributed by atoms with Gasteiger partial charge in [0, 0.05) is 27.7 Å². The van der Waals surface area contributed by atoms with Crippen molar-refractivity contribution < 1.29 is 9.53 Å². The minimum Gasteiger partial charge on any atom is -0.385 e. The molecule has 0 aromatic carbocycles. The fourth-order valence-corrected chi connectivity index (χ4v) is 0. The number of unbranched alkanes of at least 4 members (excludes halogenated alkanes) is 1. The van der Waals surface area contributed by atoms with Crippen LogP contribution >= 0.6 is 0 Å². The maximum absolute atomic E-state index is 9.70. The van der Waals surface area contributed by atoms with Gasteiger partial charge in [0.05, 0.1) is 0 Å². The van der Waals surface area contributed by atoms with E-state index in [2.05, 4.69) is 35.7 Å². The highest BCUT2D eigenvalue weighted by Crippen LogP contribution is 1.76. The first-order valence-electron chi connectivity index (χ1n) is 7.51. The number of methoxy groups -OCH3 is 1. The lowest BCUT2D eigenvalue weighted by Crippen LogP contribution is -2.11. The molecule has 0 saturated carbocycles. The number of ether oxygens (including phenoxy) is 1. The average Bonchev–Trinajstić information content (AvgIpc) is 2.55. The lowest BCUT2D eigenvalue weighted by atomic mass is 10.4. The maximum Gasteiger partial charge on any atom is 0.216 e. The summed E-state index contributed by atoms with van der Waals surface area (Å²) in [6.45, 7) is 16.2. The molecule has 0 radical (unpaired) electrons. The summed E-state index contributed by atoms with van der Waals surface area (Å²) in [5.41, 5.74) is 0. The Morgan fingerprint density at radius 1 is 1.05 bits per heavy atom. The second-order valence-corrected chi connectivity index (χ2v) is 3.55. The number of allylic oxidation sites excluding steroid dienone is 2. The number of amides is 1. The molecule has 136 valence electrons. The number of carbonyl (C=O) groups excluding carboxylic acids is 1. The molecule has 0 heterocycles. The first-order valence-corrected chi connectivity index (χ1v) is 7.51. The van der Waals surface area contributed by atoms with E-state index in [-0.39, 0.29) is 13.3 Å². The molecule has 3 heteroatoms. The Bertz CT molecular complexity index is 207. The number of rotatable bonds is 2. The first-order chi connectivity index (χ1) is 9.93. The van der Waals surface area contributed by atoms with Crippen molar-refractivity contribution in [1.29, 1.82) is 0 Å². The van der Waals surface area contributed by atoms with Crippen LogP contribution in [0.25, 0.3) is 0 Å². The number of hydrogen-bond donors (Lipinski definition) is 1.